The SMILES string of the molecule is Cc1ccc(C)c(C(=O)CCC(=O)NC[C@@H](O)CN2CCOCC2)c1. The number of hydrogen-bond acceptors (Lipinski definition) is 5. The van der Waals surface area contributed by atoms with Crippen LogP contribution in [0.4, 0.5) is 0 Å². The number of Topliss-reactive ketones (excluding diaryl/α,β-unsaturated/α-hetero) is 1. The number of morpholine rings is 1. The monoisotopic (exact) mass is 348 g/mol. The molecule has 1 atom stereocenters. The molecule has 25 heavy (non-hydrogen) atoms. The summed E-state index contributed by atoms with van der Waals surface area (Å²) in [6, 6.07) is 5.75. The minimum absolute atomic E-state index is 0.0229. The fourth-order valence-corrected chi connectivity index (χ4v) is 2.86. The molecule has 0 saturated carbocycles. The van der Waals surface area contributed by atoms with Crippen LogP contribution in [0, 0.1) is 13.8 Å². The number of ketones is 1. The zero-order chi connectivity index (χ0) is 18.2. The van der Waals surface area contributed by atoms with Gasteiger partial charge in [-0.3, -0.25) is 14.5 Å². The Bertz CT molecular complexity index is 597. The third-order valence-corrected chi connectivity index (χ3v) is 4.38. The predicted molar refractivity (Wildman–Crippen MR) is 95.8 cm³/mol. The lowest BCUT2D eigenvalue weighted by Crippen LogP contribution is -2.44. The first-order valence-electron chi connectivity index (χ1n) is 8.81. The molecular formula is C19H28N2O4. The second-order valence-corrected chi connectivity index (χ2v) is 6.61. The van der Waals surface area contributed by atoms with E-state index < -0.39 is 6.10 Å². The lowest BCUT2D eigenvalue weighted by molar-refractivity contribution is -0.121. The summed E-state index contributed by atoms with van der Waals surface area (Å²) in [5.41, 5.74) is 2.64. The van der Waals surface area contributed by atoms with E-state index in [-0.39, 0.29) is 31.1 Å². The van der Waals surface area contributed by atoms with E-state index >= 15 is 0 Å². The fourth-order valence-electron chi connectivity index (χ4n) is 2.86. The number of benzene rings is 1. The summed E-state index contributed by atoms with van der Waals surface area (Å²) < 4.78 is 5.26. The van der Waals surface area contributed by atoms with Crippen molar-refractivity contribution in [1.82, 2.24) is 10.2 Å². The minimum atomic E-state index is -0.614. The van der Waals surface area contributed by atoms with Crippen molar-refractivity contribution in [3.8, 4) is 0 Å². The summed E-state index contributed by atoms with van der Waals surface area (Å²) in [6.07, 6.45) is -0.302. The zero-order valence-electron chi connectivity index (χ0n) is 15.1. The van der Waals surface area contributed by atoms with Crippen LogP contribution in [0.1, 0.15) is 34.3 Å². The smallest absolute Gasteiger partial charge is 0.220 e. The lowest BCUT2D eigenvalue weighted by atomic mass is 9.99. The van der Waals surface area contributed by atoms with E-state index in [2.05, 4.69) is 10.2 Å². The van der Waals surface area contributed by atoms with E-state index in [9.17, 15) is 14.7 Å². The number of aliphatic hydroxyl groups excluding tert-OH is 1. The van der Waals surface area contributed by atoms with Crippen LogP contribution >= 0.6 is 0 Å². The quantitative estimate of drug-likeness (QED) is 0.687. The first kappa shape index (κ1) is 19.6. The second-order valence-electron chi connectivity index (χ2n) is 6.61. The summed E-state index contributed by atoms with van der Waals surface area (Å²) >= 11 is 0. The van der Waals surface area contributed by atoms with E-state index in [0.717, 1.165) is 24.2 Å². The summed E-state index contributed by atoms with van der Waals surface area (Å²) in [7, 11) is 0. The number of ether oxygens (including phenoxy) is 1. The van der Waals surface area contributed by atoms with Gasteiger partial charge >= 0.3 is 0 Å². The number of carbonyl (C=O) groups is 2. The van der Waals surface area contributed by atoms with Crippen LogP contribution in [0.25, 0.3) is 0 Å². The Balaban J connectivity index is 1.69. The standard InChI is InChI=1S/C19H28N2O4/c1-14-3-4-15(2)17(11-14)18(23)5-6-19(24)20-12-16(22)13-21-7-9-25-10-8-21/h3-4,11,16,22H,5-10,12-13H2,1-2H3,(H,20,24)/t16-/m1/s1. The summed E-state index contributed by atoms with van der Waals surface area (Å²) in [4.78, 5) is 26.3. The summed E-state index contributed by atoms with van der Waals surface area (Å²) in [5.74, 6) is -0.232. The maximum absolute atomic E-state index is 12.3. The van der Waals surface area contributed by atoms with Crippen LogP contribution in [0.3, 0.4) is 0 Å². The molecule has 1 amide bonds. The maximum Gasteiger partial charge on any atom is 0.220 e. The highest BCUT2D eigenvalue weighted by atomic mass is 16.5. The van der Waals surface area contributed by atoms with Gasteiger partial charge in [0, 0.05) is 44.6 Å². The van der Waals surface area contributed by atoms with E-state index in [1.165, 1.54) is 0 Å². The minimum Gasteiger partial charge on any atom is -0.390 e. The number of carbonyl (C=O) groups excluding carboxylic acids is 2. The molecule has 138 valence electrons. The second kappa shape index (κ2) is 9.65. The molecule has 1 fully saturated rings. The van der Waals surface area contributed by atoms with Crippen LogP contribution in [0.15, 0.2) is 18.2 Å². The van der Waals surface area contributed by atoms with Crippen LogP contribution in [0.2, 0.25) is 0 Å². The molecule has 0 unspecified atom stereocenters. The van der Waals surface area contributed by atoms with Crippen molar-refractivity contribution in [3.63, 3.8) is 0 Å². The number of aryl methyl sites for hydroxylation is 2. The topological polar surface area (TPSA) is 78.9 Å². The largest absolute Gasteiger partial charge is 0.390 e. The molecule has 1 saturated heterocycles. The highest BCUT2D eigenvalue weighted by Crippen LogP contribution is 2.13. The van der Waals surface area contributed by atoms with Gasteiger partial charge in [-0.1, -0.05) is 17.7 Å². The molecule has 1 aliphatic rings. The Morgan fingerprint density at radius 1 is 1.24 bits per heavy atom. The van der Waals surface area contributed by atoms with Crippen molar-refractivity contribution in [3.05, 3.63) is 34.9 Å². The van der Waals surface area contributed by atoms with E-state index in [1.54, 1.807) is 0 Å². The number of rotatable bonds is 8. The molecule has 1 aliphatic heterocycles. The van der Waals surface area contributed by atoms with E-state index in [0.29, 0.717) is 25.3 Å². The van der Waals surface area contributed by atoms with Gasteiger partial charge in [-0.05, 0) is 25.5 Å². The molecule has 1 aromatic carbocycles. The molecule has 2 N–H and O–H groups in total. The Hall–Kier alpha value is -1.76. The molecule has 1 aromatic rings. The van der Waals surface area contributed by atoms with Gasteiger partial charge in [-0.25, -0.2) is 0 Å². The highest BCUT2D eigenvalue weighted by Gasteiger charge is 2.16. The third-order valence-electron chi connectivity index (χ3n) is 4.38. The van der Waals surface area contributed by atoms with Crippen molar-refractivity contribution in [1.29, 1.82) is 0 Å². The number of nitrogens with one attached hydrogen (secondary N) is 1. The van der Waals surface area contributed by atoms with Crippen LogP contribution in [-0.2, 0) is 9.53 Å². The van der Waals surface area contributed by atoms with Gasteiger partial charge in [0.05, 0.1) is 19.3 Å². The van der Waals surface area contributed by atoms with Gasteiger partial charge in [0.1, 0.15) is 0 Å². The van der Waals surface area contributed by atoms with Crippen molar-refractivity contribution in [2.75, 3.05) is 39.4 Å². The first-order valence-corrected chi connectivity index (χ1v) is 8.81. The molecule has 0 aromatic heterocycles. The van der Waals surface area contributed by atoms with Gasteiger partial charge in [0.2, 0.25) is 5.91 Å². The first-order chi connectivity index (χ1) is 12.0. The molecule has 6 heteroatoms. The molecule has 0 bridgehead atoms. The molecule has 6 nitrogen and oxygen atoms in total. The normalized spacial score (nSPS) is 16.4. The molecule has 2 rings (SSSR count). The third kappa shape index (κ3) is 6.57. The average molecular weight is 348 g/mol. The molecule has 0 spiro atoms. The number of aliphatic hydroxyl groups is 1. The maximum atomic E-state index is 12.3. The predicted octanol–water partition coefficient (Wildman–Crippen LogP) is 1.08. The van der Waals surface area contributed by atoms with Gasteiger partial charge in [-0.15, -0.1) is 0 Å². The van der Waals surface area contributed by atoms with Crippen LogP contribution in [-0.4, -0.2) is 67.2 Å². The Labute approximate surface area is 149 Å². The Kier molecular flexibility index (Phi) is 7.55. The molecule has 1 heterocycles. The highest BCUT2D eigenvalue weighted by molar-refractivity contribution is 5.99. The zero-order valence-corrected chi connectivity index (χ0v) is 15.1. The van der Waals surface area contributed by atoms with Crippen LogP contribution < -0.4 is 5.32 Å². The van der Waals surface area contributed by atoms with E-state index in [4.69, 9.17) is 4.74 Å². The summed E-state index contributed by atoms with van der Waals surface area (Å²) in [6.45, 7) is 7.52. The fraction of sp³-hybridized carbons (Fsp3) is 0.579. The number of amides is 1. The van der Waals surface area contributed by atoms with Gasteiger partial charge in [-0.2, -0.15) is 0 Å². The summed E-state index contributed by atoms with van der Waals surface area (Å²) in [5, 5.41) is 12.7. The van der Waals surface area contributed by atoms with Gasteiger partial charge < -0.3 is 15.2 Å². The number of nitrogens with zero attached hydrogens (tertiary/aromatic N) is 1. The molecular weight excluding hydrogens is 320 g/mol. The van der Waals surface area contributed by atoms with Crippen molar-refractivity contribution in [2.45, 2.75) is 32.8 Å². The number of β-amino-alcohol motifs (C(OH)–C–C–N with tert-alkyl or cyclic N) is 1. The molecule has 0 aliphatic carbocycles. The van der Waals surface area contributed by atoms with Gasteiger partial charge in [0.25, 0.3) is 0 Å². The average Bonchev–Trinajstić information content (AvgIpc) is 2.60. The van der Waals surface area contributed by atoms with E-state index in [1.807, 2.05) is 32.0 Å². The van der Waals surface area contributed by atoms with Crippen molar-refractivity contribution >= 4 is 11.7 Å². The lowest BCUT2D eigenvalue weighted by Gasteiger charge is -2.28. The Morgan fingerprint density at radius 3 is 2.68 bits per heavy atom. The van der Waals surface area contributed by atoms with Crippen molar-refractivity contribution in [2.24, 2.45) is 0 Å². The van der Waals surface area contributed by atoms with Gasteiger partial charge in [0.15, 0.2) is 5.78 Å². The van der Waals surface area contributed by atoms with Crippen LogP contribution in [0.5, 0.6) is 0 Å². The number of hydrogen-bond donors (Lipinski definition) is 2. The van der Waals surface area contributed by atoms with Crippen molar-refractivity contribution < 1.29 is 19.4 Å². The Morgan fingerprint density at radius 2 is 1.96 bits per heavy atom. The molecule has 0 radical (unpaired) electrons.